The molecule has 2 aromatic rings. The number of piperidine rings is 1. The molecular formula is C15H18F3N7O2S. The third-order valence-corrected chi connectivity index (χ3v) is 5.19. The summed E-state index contributed by atoms with van der Waals surface area (Å²) in [6, 6.07) is -0.561. The summed E-state index contributed by atoms with van der Waals surface area (Å²) in [6.45, 7) is 0.741. The van der Waals surface area contributed by atoms with Crippen molar-refractivity contribution < 1.29 is 22.8 Å². The Kier molecular flexibility index (Phi) is 5.54. The lowest BCUT2D eigenvalue weighted by Gasteiger charge is -2.32. The topological polar surface area (TPSA) is 107 Å². The van der Waals surface area contributed by atoms with Gasteiger partial charge in [-0.15, -0.1) is 10.2 Å². The summed E-state index contributed by atoms with van der Waals surface area (Å²) >= 11 is 0.268. The van der Waals surface area contributed by atoms with Crippen molar-refractivity contribution >= 4 is 28.4 Å². The minimum Gasteiger partial charge on any atom is -0.345 e. The predicted octanol–water partition coefficient (Wildman–Crippen LogP) is 2.39. The Balaban J connectivity index is 1.68. The Bertz CT molecular complexity index is 864. The van der Waals surface area contributed by atoms with E-state index in [9.17, 15) is 22.8 Å². The molecule has 2 N–H and O–H groups in total. The van der Waals surface area contributed by atoms with E-state index in [4.69, 9.17) is 0 Å². The molecule has 0 saturated carbocycles. The van der Waals surface area contributed by atoms with Crippen molar-refractivity contribution in [2.45, 2.75) is 24.9 Å². The quantitative estimate of drug-likeness (QED) is 0.798. The number of halogens is 3. The maximum atomic E-state index is 12.6. The van der Waals surface area contributed by atoms with Crippen LogP contribution in [0.5, 0.6) is 0 Å². The lowest BCUT2D eigenvalue weighted by molar-refractivity contribution is -0.138. The smallest absolute Gasteiger partial charge is 0.345 e. The number of urea groups is 1. The van der Waals surface area contributed by atoms with Crippen molar-refractivity contribution in [3.8, 4) is 0 Å². The Morgan fingerprint density at radius 1 is 1.36 bits per heavy atom. The molecule has 2 aromatic heterocycles. The minimum atomic E-state index is -4.60. The Labute approximate surface area is 161 Å². The van der Waals surface area contributed by atoms with Crippen LogP contribution in [0.1, 0.15) is 39.8 Å². The molecule has 9 nitrogen and oxygen atoms in total. The zero-order chi connectivity index (χ0) is 20.5. The van der Waals surface area contributed by atoms with Crippen molar-refractivity contribution in [2.75, 3.05) is 32.5 Å². The zero-order valence-corrected chi connectivity index (χ0v) is 15.9. The number of aromatic nitrogens is 4. The van der Waals surface area contributed by atoms with E-state index >= 15 is 0 Å². The van der Waals surface area contributed by atoms with Gasteiger partial charge < -0.3 is 9.80 Å². The molecule has 13 heteroatoms. The summed E-state index contributed by atoms with van der Waals surface area (Å²) in [4.78, 5) is 27.6. The molecule has 3 rings (SSSR count). The fraction of sp³-hybridized carbons (Fsp3) is 0.533. The van der Waals surface area contributed by atoms with Gasteiger partial charge in [0.2, 0.25) is 10.1 Å². The highest BCUT2D eigenvalue weighted by Crippen LogP contribution is 2.33. The van der Waals surface area contributed by atoms with Crippen LogP contribution in [0.3, 0.4) is 0 Å². The van der Waals surface area contributed by atoms with Crippen LogP contribution in [0.4, 0.5) is 23.1 Å². The molecule has 1 aliphatic heterocycles. The average molecular weight is 417 g/mol. The third-order valence-electron chi connectivity index (χ3n) is 4.30. The first-order valence-electron chi connectivity index (χ1n) is 8.38. The van der Waals surface area contributed by atoms with Crippen molar-refractivity contribution in [3.63, 3.8) is 0 Å². The number of H-pyrrole nitrogens is 1. The number of nitrogens with one attached hydrogen (secondary N) is 2. The Morgan fingerprint density at radius 3 is 2.75 bits per heavy atom. The van der Waals surface area contributed by atoms with Crippen molar-refractivity contribution in [1.82, 2.24) is 30.2 Å². The van der Waals surface area contributed by atoms with Crippen LogP contribution in [-0.4, -0.2) is 69.3 Å². The van der Waals surface area contributed by atoms with Gasteiger partial charge in [0.1, 0.15) is 0 Å². The second kappa shape index (κ2) is 7.73. The van der Waals surface area contributed by atoms with E-state index in [0.29, 0.717) is 30.8 Å². The summed E-state index contributed by atoms with van der Waals surface area (Å²) in [5.41, 5.74) is 1.09. The molecule has 0 aromatic carbocycles. The SMILES string of the molecule is CN(C)C(=O)c1cn[nH]c1C1CCCN(C(=O)Nc2nnc(C(F)(F)F)s2)C1. The van der Waals surface area contributed by atoms with Gasteiger partial charge in [-0.2, -0.15) is 18.3 Å². The number of rotatable bonds is 3. The Hall–Kier alpha value is -2.70. The van der Waals surface area contributed by atoms with Crippen LogP contribution in [0, 0.1) is 0 Å². The number of carbonyl (C=O) groups is 2. The van der Waals surface area contributed by atoms with E-state index in [2.05, 4.69) is 25.7 Å². The molecule has 28 heavy (non-hydrogen) atoms. The maximum Gasteiger partial charge on any atom is 0.445 e. The highest BCUT2D eigenvalue weighted by Gasteiger charge is 2.36. The lowest BCUT2D eigenvalue weighted by Crippen LogP contribution is -2.42. The highest BCUT2D eigenvalue weighted by atomic mass is 32.1. The van der Waals surface area contributed by atoms with Gasteiger partial charge in [0.05, 0.1) is 17.5 Å². The van der Waals surface area contributed by atoms with Gasteiger partial charge in [-0.1, -0.05) is 11.3 Å². The van der Waals surface area contributed by atoms with E-state index in [-0.39, 0.29) is 28.3 Å². The number of aromatic amines is 1. The first kappa shape index (κ1) is 20.0. The van der Waals surface area contributed by atoms with Gasteiger partial charge >= 0.3 is 12.2 Å². The van der Waals surface area contributed by atoms with E-state index in [1.165, 1.54) is 16.0 Å². The number of hydrogen-bond donors (Lipinski definition) is 2. The number of alkyl halides is 3. The second-order valence-electron chi connectivity index (χ2n) is 6.52. The van der Waals surface area contributed by atoms with E-state index in [0.717, 1.165) is 6.42 Å². The second-order valence-corrected chi connectivity index (χ2v) is 7.50. The largest absolute Gasteiger partial charge is 0.445 e. The van der Waals surface area contributed by atoms with Crippen LogP contribution in [0.2, 0.25) is 0 Å². The number of carbonyl (C=O) groups excluding carboxylic acids is 2. The summed E-state index contributed by atoms with van der Waals surface area (Å²) in [5.74, 6) is -0.333. The molecule has 1 aliphatic rings. The number of amides is 3. The molecule has 0 radical (unpaired) electrons. The molecule has 1 unspecified atom stereocenters. The summed E-state index contributed by atoms with van der Waals surface area (Å²) < 4.78 is 37.8. The molecule has 3 heterocycles. The Morgan fingerprint density at radius 2 is 2.11 bits per heavy atom. The normalized spacial score (nSPS) is 17.5. The molecule has 0 spiro atoms. The number of hydrogen-bond acceptors (Lipinski definition) is 6. The summed E-state index contributed by atoms with van der Waals surface area (Å²) in [5, 5.41) is 14.2. The van der Waals surface area contributed by atoms with Crippen LogP contribution >= 0.6 is 11.3 Å². The first-order chi connectivity index (χ1) is 13.2. The number of nitrogens with zero attached hydrogens (tertiary/aromatic N) is 5. The summed E-state index contributed by atoms with van der Waals surface area (Å²) in [6.07, 6.45) is -1.73. The van der Waals surface area contributed by atoms with Crippen molar-refractivity contribution in [2.24, 2.45) is 0 Å². The van der Waals surface area contributed by atoms with Gasteiger partial charge in [0.25, 0.3) is 5.91 Å². The fourth-order valence-corrected chi connectivity index (χ4v) is 3.58. The van der Waals surface area contributed by atoms with Crippen molar-refractivity contribution in [1.29, 1.82) is 0 Å². The maximum absolute atomic E-state index is 12.6. The molecule has 0 aliphatic carbocycles. The standard InChI is InChI=1S/C15H18F3N7O2S/c1-24(2)11(26)9-6-19-21-10(9)8-4-3-5-25(7-8)14(27)20-13-23-22-12(28-13)15(16,17)18/h6,8H,3-5,7H2,1-2H3,(H,19,21)(H,20,23,27). The van der Waals surface area contributed by atoms with Crippen LogP contribution in [-0.2, 0) is 6.18 Å². The fourth-order valence-electron chi connectivity index (χ4n) is 2.97. The highest BCUT2D eigenvalue weighted by molar-refractivity contribution is 7.15. The van der Waals surface area contributed by atoms with Gasteiger partial charge in [-0.05, 0) is 12.8 Å². The summed E-state index contributed by atoms with van der Waals surface area (Å²) in [7, 11) is 3.27. The molecule has 1 saturated heterocycles. The lowest BCUT2D eigenvalue weighted by atomic mass is 9.92. The number of likely N-dealkylation sites (tertiary alicyclic amines) is 1. The van der Waals surface area contributed by atoms with Crippen molar-refractivity contribution in [3.05, 3.63) is 22.5 Å². The van der Waals surface area contributed by atoms with Crippen LogP contribution in [0.15, 0.2) is 6.20 Å². The molecule has 1 fully saturated rings. The third kappa shape index (κ3) is 4.24. The average Bonchev–Trinajstić information content (AvgIpc) is 3.30. The predicted molar refractivity (Wildman–Crippen MR) is 94.1 cm³/mol. The van der Waals surface area contributed by atoms with Gasteiger partial charge in [-0.25, -0.2) is 4.79 Å². The molecule has 152 valence electrons. The first-order valence-corrected chi connectivity index (χ1v) is 9.20. The molecule has 3 amide bonds. The number of anilines is 1. The minimum absolute atomic E-state index is 0.138. The molecular weight excluding hydrogens is 399 g/mol. The van der Waals surface area contributed by atoms with E-state index in [1.807, 2.05) is 0 Å². The van der Waals surface area contributed by atoms with E-state index in [1.54, 1.807) is 14.1 Å². The van der Waals surface area contributed by atoms with Gasteiger partial charge in [-0.3, -0.25) is 15.2 Å². The molecule has 1 atom stereocenters. The van der Waals surface area contributed by atoms with E-state index < -0.39 is 17.2 Å². The zero-order valence-electron chi connectivity index (χ0n) is 15.1. The van der Waals surface area contributed by atoms with Crippen LogP contribution in [0.25, 0.3) is 0 Å². The monoisotopic (exact) mass is 417 g/mol. The van der Waals surface area contributed by atoms with Gasteiger partial charge in [0.15, 0.2) is 0 Å². The van der Waals surface area contributed by atoms with Gasteiger partial charge in [0, 0.05) is 33.1 Å². The van der Waals surface area contributed by atoms with Crippen LogP contribution < -0.4 is 5.32 Å². The molecule has 0 bridgehead atoms.